The first kappa shape index (κ1) is 11.9. The van der Waals surface area contributed by atoms with Crippen LogP contribution in [0.25, 0.3) is 0 Å². The van der Waals surface area contributed by atoms with Crippen molar-refractivity contribution in [3.63, 3.8) is 0 Å². The smallest absolute Gasteiger partial charge is 0.328 e. The average Bonchev–Trinajstić information content (AvgIpc) is 2.03. The molecular formula is C8H15NO4. The van der Waals surface area contributed by atoms with E-state index in [0.29, 0.717) is 0 Å². The second-order valence-electron chi connectivity index (χ2n) is 3.14. The van der Waals surface area contributed by atoms with Gasteiger partial charge in [-0.2, -0.15) is 0 Å². The summed E-state index contributed by atoms with van der Waals surface area (Å²) in [5.41, 5.74) is 0. The van der Waals surface area contributed by atoms with E-state index in [1.165, 1.54) is 7.05 Å². The van der Waals surface area contributed by atoms with E-state index in [2.05, 4.69) is 0 Å². The number of aliphatic carboxylic acids is 1. The van der Waals surface area contributed by atoms with Gasteiger partial charge in [0, 0.05) is 13.0 Å². The van der Waals surface area contributed by atoms with Crippen LogP contribution in [0.1, 0.15) is 13.8 Å². The number of aliphatic hydroxyl groups excluding tert-OH is 1. The molecule has 0 aliphatic carbocycles. The van der Waals surface area contributed by atoms with Gasteiger partial charge >= 0.3 is 5.97 Å². The van der Waals surface area contributed by atoms with Crippen molar-refractivity contribution in [2.24, 2.45) is 5.92 Å². The number of rotatable bonds is 4. The Labute approximate surface area is 77.0 Å². The van der Waals surface area contributed by atoms with E-state index >= 15 is 0 Å². The zero-order valence-electron chi connectivity index (χ0n) is 8.02. The number of aliphatic hydroxyl groups is 1. The SMILES string of the molecule is CC(C)C(=O)N(C)C(CO)C(=O)O. The lowest BCUT2D eigenvalue weighted by Crippen LogP contribution is -2.46. The van der Waals surface area contributed by atoms with E-state index in [-0.39, 0.29) is 11.8 Å². The number of likely N-dealkylation sites (N-methyl/N-ethyl adjacent to an activating group) is 1. The van der Waals surface area contributed by atoms with Crippen molar-refractivity contribution in [1.29, 1.82) is 0 Å². The highest BCUT2D eigenvalue weighted by molar-refractivity contribution is 5.84. The molecule has 0 aliphatic rings. The summed E-state index contributed by atoms with van der Waals surface area (Å²) in [4.78, 5) is 22.9. The van der Waals surface area contributed by atoms with Crippen molar-refractivity contribution >= 4 is 11.9 Å². The average molecular weight is 189 g/mol. The van der Waals surface area contributed by atoms with Crippen LogP contribution in [-0.2, 0) is 9.59 Å². The molecule has 0 aromatic rings. The summed E-state index contributed by atoms with van der Waals surface area (Å²) in [6, 6.07) is -1.14. The zero-order chi connectivity index (χ0) is 10.6. The van der Waals surface area contributed by atoms with Crippen LogP contribution in [0.3, 0.4) is 0 Å². The Morgan fingerprint density at radius 2 is 1.85 bits per heavy atom. The maximum atomic E-state index is 11.3. The minimum Gasteiger partial charge on any atom is -0.480 e. The first-order valence-electron chi connectivity index (χ1n) is 4.02. The van der Waals surface area contributed by atoms with Gasteiger partial charge in [0.05, 0.1) is 6.61 Å². The fraction of sp³-hybridized carbons (Fsp3) is 0.750. The van der Waals surface area contributed by atoms with E-state index in [9.17, 15) is 9.59 Å². The molecule has 1 unspecified atom stereocenters. The van der Waals surface area contributed by atoms with Crippen LogP contribution in [0.15, 0.2) is 0 Å². The molecule has 1 amide bonds. The van der Waals surface area contributed by atoms with Crippen molar-refractivity contribution in [3.05, 3.63) is 0 Å². The fourth-order valence-corrected chi connectivity index (χ4v) is 0.927. The summed E-state index contributed by atoms with van der Waals surface area (Å²) in [5, 5.41) is 17.3. The van der Waals surface area contributed by atoms with Crippen molar-refractivity contribution < 1.29 is 19.8 Å². The predicted octanol–water partition coefficient (Wildman–Crippen LogP) is -0.454. The number of hydrogen-bond donors (Lipinski definition) is 2. The lowest BCUT2D eigenvalue weighted by atomic mass is 10.1. The molecule has 0 heterocycles. The van der Waals surface area contributed by atoms with Gasteiger partial charge < -0.3 is 15.1 Å². The quantitative estimate of drug-likeness (QED) is 0.627. The van der Waals surface area contributed by atoms with Gasteiger partial charge in [0.1, 0.15) is 0 Å². The highest BCUT2D eigenvalue weighted by atomic mass is 16.4. The number of hydrogen-bond acceptors (Lipinski definition) is 3. The van der Waals surface area contributed by atoms with Crippen molar-refractivity contribution in [1.82, 2.24) is 4.90 Å². The zero-order valence-corrected chi connectivity index (χ0v) is 8.02. The number of amides is 1. The molecule has 0 aromatic carbocycles. The van der Waals surface area contributed by atoms with Crippen LogP contribution < -0.4 is 0 Å². The Kier molecular flexibility index (Phi) is 4.40. The minimum atomic E-state index is -1.20. The van der Waals surface area contributed by atoms with Gasteiger partial charge in [0.25, 0.3) is 0 Å². The summed E-state index contributed by atoms with van der Waals surface area (Å²) in [6.45, 7) is 2.79. The van der Waals surface area contributed by atoms with Crippen LogP contribution in [-0.4, -0.2) is 46.7 Å². The van der Waals surface area contributed by atoms with E-state index in [0.717, 1.165) is 4.90 Å². The molecule has 0 aromatic heterocycles. The van der Waals surface area contributed by atoms with Crippen molar-refractivity contribution in [2.75, 3.05) is 13.7 Å². The molecule has 13 heavy (non-hydrogen) atoms. The third-order valence-electron chi connectivity index (χ3n) is 1.77. The molecule has 76 valence electrons. The molecule has 2 N–H and O–H groups in total. The van der Waals surface area contributed by atoms with Crippen LogP contribution in [0, 0.1) is 5.92 Å². The van der Waals surface area contributed by atoms with E-state index in [1.54, 1.807) is 13.8 Å². The van der Waals surface area contributed by atoms with Gasteiger partial charge in [0.2, 0.25) is 5.91 Å². The normalized spacial score (nSPS) is 12.7. The van der Waals surface area contributed by atoms with E-state index < -0.39 is 18.6 Å². The first-order valence-corrected chi connectivity index (χ1v) is 4.02. The van der Waals surface area contributed by atoms with Gasteiger partial charge in [-0.3, -0.25) is 4.79 Å². The van der Waals surface area contributed by atoms with Gasteiger partial charge in [-0.25, -0.2) is 4.79 Å². The van der Waals surface area contributed by atoms with Gasteiger partial charge in [-0.1, -0.05) is 13.8 Å². The molecule has 0 saturated carbocycles. The van der Waals surface area contributed by atoms with Gasteiger partial charge in [-0.05, 0) is 0 Å². The van der Waals surface area contributed by atoms with Gasteiger partial charge in [0.15, 0.2) is 6.04 Å². The van der Waals surface area contributed by atoms with Gasteiger partial charge in [-0.15, -0.1) is 0 Å². The maximum absolute atomic E-state index is 11.3. The predicted molar refractivity (Wildman–Crippen MR) is 46.1 cm³/mol. The lowest BCUT2D eigenvalue weighted by Gasteiger charge is -2.24. The summed E-state index contributed by atoms with van der Waals surface area (Å²) in [7, 11) is 1.37. The molecule has 0 spiro atoms. The standard InChI is InChI=1S/C8H15NO4/c1-5(2)7(11)9(3)6(4-10)8(12)13/h5-6,10H,4H2,1-3H3,(H,12,13). The Morgan fingerprint density at radius 3 is 2.08 bits per heavy atom. The third-order valence-corrected chi connectivity index (χ3v) is 1.77. The Balaban J connectivity index is 4.46. The lowest BCUT2D eigenvalue weighted by molar-refractivity contribution is -0.151. The minimum absolute atomic E-state index is 0.265. The molecule has 5 nitrogen and oxygen atoms in total. The summed E-state index contributed by atoms with van der Waals surface area (Å²) < 4.78 is 0. The second-order valence-corrected chi connectivity index (χ2v) is 3.14. The third kappa shape index (κ3) is 3.02. The van der Waals surface area contributed by atoms with Crippen molar-refractivity contribution in [2.45, 2.75) is 19.9 Å². The number of carboxylic acid groups (broad SMARTS) is 1. The Bertz CT molecular complexity index is 202. The molecule has 0 rings (SSSR count). The largest absolute Gasteiger partial charge is 0.480 e. The Hall–Kier alpha value is -1.10. The molecule has 0 bridgehead atoms. The topological polar surface area (TPSA) is 77.8 Å². The van der Waals surface area contributed by atoms with Crippen molar-refractivity contribution in [3.8, 4) is 0 Å². The van der Waals surface area contributed by atoms with Crippen LogP contribution >= 0.6 is 0 Å². The number of nitrogens with zero attached hydrogens (tertiary/aromatic N) is 1. The van der Waals surface area contributed by atoms with E-state index in [1.807, 2.05) is 0 Å². The number of carbonyl (C=O) groups excluding carboxylic acids is 1. The fourth-order valence-electron chi connectivity index (χ4n) is 0.927. The van der Waals surface area contributed by atoms with Crippen LogP contribution in [0.4, 0.5) is 0 Å². The molecule has 0 aliphatic heterocycles. The highest BCUT2D eigenvalue weighted by Gasteiger charge is 2.26. The molecule has 0 fully saturated rings. The summed E-state index contributed by atoms with van der Waals surface area (Å²) >= 11 is 0. The first-order chi connectivity index (χ1) is 5.91. The van der Waals surface area contributed by atoms with Crippen LogP contribution in [0.5, 0.6) is 0 Å². The molecule has 0 saturated heterocycles. The summed E-state index contributed by atoms with van der Waals surface area (Å²) in [5.74, 6) is -1.75. The molecular weight excluding hydrogens is 174 g/mol. The monoisotopic (exact) mass is 189 g/mol. The van der Waals surface area contributed by atoms with E-state index in [4.69, 9.17) is 10.2 Å². The highest BCUT2D eigenvalue weighted by Crippen LogP contribution is 2.03. The van der Waals surface area contributed by atoms with Crippen LogP contribution in [0.2, 0.25) is 0 Å². The maximum Gasteiger partial charge on any atom is 0.328 e. The molecule has 0 radical (unpaired) electrons. The molecule has 1 atom stereocenters. The number of carboxylic acids is 1. The second kappa shape index (κ2) is 4.81. The molecule has 5 heteroatoms. The summed E-state index contributed by atoms with van der Waals surface area (Å²) in [6.07, 6.45) is 0. The number of carbonyl (C=O) groups is 2. The Morgan fingerprint density at radius 1 is 1.38 bits per heavy atom.